The summed E-state index contributed by atoms with van der Waals surface area (Å²) >= 11 is 0. The third-order valence-electron chi connectivity index (χ3n) is 4.28. The van der Waals surface area contributed by atoms with E-state index < -0.39 is 0 Å². The average molecular weight is 301 g/mol. The zero-order chi connectivity index (χ0) is 15.9. The summed E-state index contributed by atoms with van der Waals surface area (Å²) in [6.45, 7) is 7.59. The summed E-state index contributed by atoms with van der Waals surface area (Å²) in [5, 5.41) is 13.6. The van der Waals surface area contributed by atoms with Gasteiger partial charge >= 0.3 is 0 Å². The maximum Gasteiger partial charge on any atom is 0.110 e. The Labute approximate surface area is 133 Å². The number of rotatable bonds is 8. The van der Waals surface area contributed by atoms with Crippen LogP contribution in [0, 0.1) is 12.8 Å². The fourth-order valence-electron chi connectivity index (χ4n) is 2.89. The van der Waals surface area contributed by atoms with Crippen molar-refractivity contribution in [3.63, 3.8) is 0 Å². The summed E-state index contributed by atoms with van der Waals surface area (Å²) in [4.78, 5) is 4.42. The van der Waals surface area contributed by atoms with Gasteiger partial charge in [-0.25, -0.2) is 4.98 Å². The van der Waals surface area contributed by atoms with Gasteiger partial charge in [-0.05, 0) is 25.0 Å². The molecular formula is C18H27N3O. The predicted octanol–water partition coefficient (Wildman–Crippen LogP) is 3.07. The highest BCUT2D eigenvalue weighted by Gasteiger charge is 2.15. The van der Waals surface area contributed by atoms with Crippen LogP contribution in [0.1, 0.15) is 38.2 Å². The molecule has 1 atom stereocenters. The van der Waals surface area contributed by atoms with Crippen molar-refractivity contribution in [1.29, 1.82) is 0 Å². The number of hydrogen-bond acceptors (Lipinski definition) is 3. The largest absolute Gasteiger partial charge is 0.392 e. The van der Waals surface area contributed by atoms with Gasteiger partial charge in [-0.15, -0.1) is 0 Å². The number of aliphatic hydroxyl groups is 1. The smallest absolute Gasteiger partial charge is 0.110 e. The molecule has 120 valence electrons. The molecular weight excluding hydrogens is 274 g/mol. The summed E-state index contributed by atoms with van der Waals surface area (Å²) in [6.07, 6.45) is 3.64. The quantitative estimate of drug-likeness (QED) is 0.788. The van der Waals surface area contributed by atoms with E-state index in [1.807, 2.05) is 31.3 Å². The standard InChI is InChI=1S/C18H27N3O/c1-4-15(5-2)18(22)13-19-11-17-12-20-14(3)21(17)16-9-7-6-8-10-16/h6-10,12,15,18-19,22H,4-5,11,13H2,1-3H3. The fourth-order valence-corrected chi connectivity index (χ4v) is 2.89. The zero-order valence-corrected chi connectivity index (χ0v) is 13.8. The van der Waals surface area contributed by atoms with Gasteiger partial charge in [0, 0.05) is 18.8 Å². The molecule has 1 unspecified atom stereocenters. The van der Waals surface area contributed by atoms with Crippen LogP contribution in [0.25, 0.3) is 5.69 Å². The van der Waals surface area contributed by atoms with Crippen LogP contribution in [0.3, 0.4) is 0 Å². The molecule has 0 bridgehead atoms. The summed E-state index contributed by atoms with van der Waals surface area (Å²) in [7, 11) is 0. The van der Waals surface area contributed by atoms with E-state index in [1.54, 1.807) is 0 Å². The van der Waals surface area contributed by atoms with Gasteiger partial charge in [0.15, 0.2) is 0 Å². The Morgan fingerprint density at radius 2 is 1.86 bits per heavy atom. The molecule has 0 spiro atoms. The second-order valence-electron chi connectivity index (χ2n) is 5.74. The Morgan fingerprint density at radius 1 is 1.18 bits per heavy atom. The maximum atomic E-state index is 10.2. The lowest BCUT2D eigenvalue weighted by Crippen LogP contribution is -2.32. The summed E-state index contributed by atoms with van der Waals surface area (Å²) in [6, 6.07) is 10.2. The molecule has 0 radical (unpaired) electrons. The van der Waals surface area contributed by atoms with E-state index in [1.165, 1.54) is 0 Å². The molecule has 0 saturated carbocycles. The lowest BCUT2D eigenvalue weighted by atomic mass is 9.96. The normalized spacial score (nSPS) is 12.8. The van der Waals surface area contributed by atoms with Crippen molar-refractivity contribution >= 4 is 0 Å². The van der Waals surface area contributed by atoms with Crippen LogP contribution >= 0.6 is 0 Å². The van der Waals surface area contributed by atoms with E-state index in [2.05, 4.69) is 40.8 Å². The molecule has 0 aliphatic heterocycles. The van der Waals surface area contributed by atoms with Crippen molar-refractivity contribution in [2.24, 2.45) is 5.92 Å². The monoisotopic (exact) mass is 301 g/mol. The van der Waals surface area contributed by atoms with Crippen molar-refractivity contribution in [3.8, 4) is 5.69 Å². The minimum Gasteiger partial charge on any atom is -0.392 e. The second kappa shape index (κ2) is 8.11. The number of aryl methyl sites for hydroxylation is 1. The SMILES string of the molecule is CCC(CC)C(O)CNCc1cnc(C)n1-c1ccccc1. The Morgan fingerprint density at radius 3 is 2.50 bits per heavy atom. The van der Waals surface area contributed by atoms with Gasteiger partial charge < -0.3 is 10.4 Å². The Kier molecular flexibility index (Phi) is 6.16. The first-order valence-corrected chi connectivity index (χ1v) is 8.14. The lowest BCUT2D eigenvalue weighted by molar-refractivity contribution is 0.101. The van der Waals surface area contributed by atoms with E-state index in [9.17, 15) is 5.11 Å². The Bertz CT molecular complexity index is 561. The predicted molar refractivity (Wildman–Crippen MR) is 90.1 cm³/mol. The minimum absolute atomic E-state index is 0.288. The first kappa shape index (κ1) is 16.7. The highest BCUT2D eigenvalue weighted by molar-refractivity contribution is 5.35. The Balaban J connectivity index is 2.00. The molecule has 4 heteroatoms. The van der Waals surface area contributed by atoms with E-state index in [4.69, 9.17) is 0 Å². The number of nitrogens with one attached hydrogen (secondary N) is 1. The number of aromatic nitrogens is 2. The molecule has 0 aliphatic rings. The lowest BCUT2D eigenvalue weighted by Gasteiger charge is -2.20. The third-order valence-corrected chi connectivity index (χ3v) is 4.28. The van der Waals surface area contributed by atoms with Gasteiger partial charge in [-0.1, -0.05) is 44.9 Å². The number of imidazole rings is 1. The van der Waals surface area contributed by atoms with Gasteiger partial charge in [0.1, 0.15) is 5.82 Å². The molecule has 1 heterocycles. The zero-order valence-electron chi connectivity index (χ0n) is 13.8. The first-order valence-electron chi connectivity index (χ1n) is 8.14. The third kappa shape index (κ3) is 3.96. The van der Waals surface area contributed by atoms with Crippen molar-refractivity contribution in [1.82, 2.24) is 14.9 Å². The number of hydrogen-bond donors (Lipinski definition) is 2. The van der Waals surface area contributed by atoms with Crippen molar-refractivity contribution in [2.75, 3.05) is 6.54 Å². The van der Waals surface area contributed by atoms with Crippen molar-refractivity contribution in [2.45, 2.75) is 46.3 Å². The number of benzene rings is 1. The number of aliphatic hydroxyl groups excluding tert-OH is 1. The van der Waals surface area contributed by atoms with Gasteiger partial charge in [-0.2, -0.15) is 0 Å². The van der Waals surface area contributed by atoms with Crippen LogP contribution in [0.15, 0.2) is 36.5 Å². The van der Waals surface area contributed by atoms with E-state index in [0.717, 1.165) is 30.0 Å². The average Bonchev–Trinajstić information content (AvgIpc) is 2.90. The molecule has 0 aliphatic carbocycles. The summed E-state index contributed by atoms with van der Waals surface area (Å²) in [5.74, 6) is 1.34. The van der Waals surface area contributed by atoms with Gasteiger partial charge in [0.05, 0.1) is 18.0 Å². The van der Waals surface area contributed by atoms with Crippen LogP contribution in [0.2, 0.25) is 0 Å². The number of para-hydroxylation sites is 1. The summed E-state index contributed by atoms with van der Waals surface area (Å²) in [5.41, 5.74) is 2.23. The topological polar surface area (TPSA) is 50.1 Å². The van der Waals surface area contributed by atoms with Crippen LogP contribution in [0.5, 0.6) is 0 Å². The number of nitrogens with zero attached hydrogens (tertiary/aromatic N) is 2. The minimum atomic E-state index is -0.288. The fraction of sp³-hybridized carbons (Fsp3) is 0.500. The molecule has 2 rings (SSSR count). The van der Waals surface area contributed by atoms with E-state index in [-0.39, 0.29) is 6.10 Å². The first-order chi connectivity index (χ1) is 10.7. The molecule has 1 aromatic heterocycles. The molecule has 2 aromatic rings. The molecule has 0 saturated heterocycles. The van der Waals surface area contributed by atoms with Gasteiger partial charge in [0.25, 0.3) is 0 Å². The molecule has 0 fully saturated rings. The molecule has 1 aromatic carbocycles. The molecule has 4 nitrogen and oxygen atoms in total. The van der Waals surface area contributed by atoms with Crippen LogP contribution in [-0.2, 0) is 6.54 Å². The molecule has 22 heavy (non-hydrogen) atoms. The van der Waals surface area contributed by atoms with Crippen molar-refractivity contribution < 1.29 is 5.11 Å². The molecule has 0 amide bonds. The van der Waals surface area contributed by atoms with Crippen LogP contribution in [0.4, 0.5) is 0 Å². The van der Waals surface area contributed by atoms with Crippen molar-refractivity contribution in [3.05, 3.63) is 48.0 Å². The van der Waals surface area contributed by atoms with Gasteiger partial charge in [0.2, 0.25) is 0 Å². The molecule has 2 N–H and O–H groups in total. The van der Waals surface area contributed by atoms with Gasteiger partial charge in [-0.3, -0.25) is 4.57 Å². The highest BCUT2D eigenvalue weighted by Crippen LogP contribution is 2.15. The van der Waals surface area contributed by atoms with E-state index in [0.29, 0.717) is 19.0 Å². The maximum absolute atomic E-state index is 10.2. The Hall–Kier alpha value is -1.65. The van der Waals surface area contributed by atoms with Crippen LogP contribution < -0.4 is 5.32 Å². The second-order valence-corrected chi connectivity index (χ2v) is 5.74. The summed E-state index contributed by atoms with van der Waals surface area (Å²) < 4.78 is 2.15. The van der Waals surface area contributed by atoms with E-state index >= 15 is 0 Å². The highest BCUT2D eigenvalue weighted by atomic mass is 16.3. The van der Waals surface area contributed by atoms with Crippen LogP contribution in [-0.4, -0.2) is 27.3 Å².